The molecule has 72 valence electrons. The van der Waals surface area contributed by atoms with Gasteiger partial charge in [-0.2, -0.15) is 0 Å². The number of carboxylic acids is 1. The molecule has 1 rings (SSSR count). The second kappa shape index (κ2) is 3.12. The van der Waals surface area contributed by atoms with Gasteiger partial charge in [0.15, 0.2) is 5.88 Å². The molecule has 1 heterocycles. The molecule has 0 bridgehead atoms. The first-order valence-corrected chi connectivity index (χ1v) is 4.00. The van der Waals surface area contributed by atoms with Gasteiger partial charge in [0.25, 0.3) is 0 Å². The van der Waals surface area contributed by atoms with Crippen LogP contribution in [0.2, 0.25) is 0 Å². The van der Waals surface area contributed by atoms with Crippen molar-refractivity contribution in [2.45, 2.75) is 26.3 Å². The van der Waals surface area contributed by atoms with Crippen molar-refractivity contribution in [3.05, 3.63) is 17.9 Å². The van der Waals surface area contributed by atoms with Gasteiger partial charge in [-0.25, -0.2) is 4.79 Å². The second-order valence-corrected chi connectivity index (χ2v) is 3.84. The van der Waals surface area contributed by atoms with Crippen LogP contribution in [0, 0.1) is 0 Å². The Kier molecular flexibility index (Phi) is 2.32. The minimum atomic E-state index is -1.05. The molecule has 0 unspecified atom stereocenters. The molecule has 0 aliphatic rings. The van der Waals surface area contributed by atoms with Crippen molar-refractivity contribution < 1.29 is 14.3 Å². The zero-order chi connectivity index (χ0) is 10.1. The molecule has 2 N–H and O–H groups in total. The molecule has 0 spiro atoms. The van der Waals surface area contributed by atoms with Gasteiger partial charge >= 0.3 is 5.97 Å². The lowest BCUT2D eigenvalue weighted by molar-refractivity contribution is 0.0663. The molecule has 0 atom stereocenters. The summed E-state index contributed by atoms with van der Waals surface area (Å²) < 4.78 is 5.01. The van der Waals surface area contributed by atoms with Crippen LogP contribution in [0.3, 0.4) is 0 Å². The number of carbonyl (C=O) groups is 1. The quantitative estimate of drug-likeness (QED) is 0.737. The fourth-order valence-corrected chi connectivity index (χ4v) is 0.890. The molecule has 13 heavy (non-hydrogen) atoms. The second-order valence-electron chi connectivity index (χ2n) is 3.84. The van der Waals surface area contributed by atoms with E-state index in [0.29, 0.717) is 5.88 Å². The van der Waals surface area contributed by atoms with Gasteiger partial charge in [-0.05, 0) is 26.8 Å². The van der Waals surface area contributed by atoms with E-state index < -0.39 is 5.97 Å². The van der Waals surface area contributed by atoms with Crippen LogP contribution in [0.4, 0.5) is 5.88 Å². The largest absolute Gasteiger partial charge is 0.475 e. The average Bonchev–Trinajstić information content (AvgIpc) is 2.31. The highest BCUT2D eigenvalue weighted by molar-refractivity contribution is 5.84. The smallest absolute Gasteiger partial charge is 0.371 e. The first-order valence-electron chi connectivity index (χ1n) is 4.00. The predicted octanol–water partition coefficient (Wildman–Crippen LogP) is 2.19. The van der Waals surface area contributed by atoms with Crippen LogP contribution in [0.1, 0.15) is 31.3 Å². The van der Waals surface area contributed by atoms with Crippen molar-refractivity contribution >= 4 is 11.9 Å². The summed E-state index contributed by atoms with van der Waals surface area (Å²) in [6, 6.07) is 3.03. The maximum absolute atomic E-state index is 10.5. The number of furan rings is 1. The maximum atomic E-state index is 10.5. The molecule has 0 aliphatic heterocycles. The molecule has 0 fully saturated rings. The van der Waals surface area contributed by atoms with E-state index in [2.05, 4.69) is 5.32 Å². The van der Waals surface area contributed by atoms with Crippen molar-refractivity contribution in [3.8, 4) is 0 Å². The Morgan fingerprint density at radius 2 is 2.08 bits per heavy atom. The number of anilines is 1. The fraction of sp³-hybridized carbons (Fsp3) is 0.444. The molecular weight excluding hydrogens is 170 g/mol. The van der Waals surface area contributed by atoms with E-state index in [1.807, 2.05) is 20.8 Å². The Morgan fingerprint density at radius 1 is 1.46 bits per heavy atom. The summed E-state index contributed by atoms with van der Waals surface area (Å²) in [6.07, 6.45) is 0. The highest BCUT2D eigenvalue weighted by Crippen LogP contribution is 2.17. The molecular formula is C9H13NO3. The normalized spacial score (nSPS) is 11.3. The molecule has 4 nitrogen and oxygen atoms in total. The number of hydrogen-bond donors (Lipinski definition) is 2. The summed E-state index contributed by atoms with van der Waals surface area (Å²) in [5.41, 5.74) is -0.131. The van der Waals surface area contributed by atoms with Gasteiger partial charge in [0.2, 0.25) is 5.76 Å². The van der Waals surface area contributed by atoms with E-state index in [-0.39, 0.29) is 11.3 Å². The summed E-state index contributed by atoms with van der Waals surface area (Å²) in [4.78, 5) is 10.5. The molecule has 0 aromatic carbocycles. The predicted molar refractivity (Wildman–Crippen MR) is 49.0 cm³/mol. The molecule has 0 saturated heterocycles. The van der Waals surface area contributed by atoms with Gasteiger partial charge in [-0.1, -0.05) is 0 Å². The molecule has 0 amide bonds. The molecule has 1 aromatic rings. The first-order chi connectivity index (χ1) is 5.88. The van der Waals surface area contributed by atoms with Gasteiger partial charge in [-0.3, -0.25) is 0 Å². The SMILES string of the molecule is CC(C)(C)Nc1ccc(C(=O)O)o1. The van der Waals surface area contributed by atoms with E-state index in [1.165, 1.54) is 6.07 Å². The van der Waals surface area contributed by atoms with Crippen molar-refractivity contribution in [3.63, 3.8) is 0 Å². The van der Waals surface area contributed by atoms with Gasteiger partial charge in [0.1, 0.15) is 0 Å². The maximum Gasteiger partial charge on any atom is 0.371 e. The van der Waals surface area contributed by atoms with Crippen molar-refractivity contribution in [2.24, 2.45) is 0 Å². The monoisotopic (exact) mass is 183 g/mol. The highest BCUT2D eigenvalue weighted by atomic mass is 16.4. The van der Waals surface area contributed by atoms with E-state index in [4.69, 9.17) is 9.52 Å². The molecule has 4 heteroatoms. The fourth-order valence-electron chi connectivity index (χ4n) is 0.890. The Morgan fingerprint density at radius 3 is 2.46 bits per heavy atom. The number of hydrogen-bond acceptors (Lipinski definition) is 3. The topological polar surface area (TPSA) is 62.5 Å². The molecule has 0 aliphatic carbocycles. The summed E-state index contributed by atoms with van der Waals surface area (Å²) in [5.74, 6) is -0.626. The van der Waals surface area contributed by atoms with Crippen LogP contribution >= 0.6 is 0 Å². The minimum Gasteiger partial charge on any atom is -0.475 e. The van der Waals surface area contributed by atoms with Crippen LogP contribution in [-0.4, -0.2) is 16.6 Å². The van der Waals surface area contributed by atoms with E-state index in [9.17, 15) is 4.79 Å². The highest BCUT2D eigenvalue weighted by Gasteiger charge is 2.14. The van der Waals surface area contributed by atoms with Gasteiger partial charge in [0.05, 0.1) is 0 Å². The third kappa shape index (κ3) is 2.82. The Balaban J connectivity index is 2.75. The van der Waals surface area contributed by atoms with Crippen LogP contribution < -0.4 is 5.32 Å². The van der Waals surface area contributed by atoms with Crippen LogP contribution in [0.25, 0.3) is 0 Å². The van der Waals surface area contributed by atoms with Crippen molar-refractivity contribution in [1.82, 2.24) is 0 Å². The minimum absolute atomic E-state index is 0.0493. The molecule has 1 aromatic heterocycles. The third-order valence-electron chi connectivity index (χ3n) is 1.31. The van der Waals surface area contributed by atoms with E-state index in [1.54, 1.807) is 6.07 Å². The van der Waals surface area contributed by atoms with Gasteiger partial charge < -0.3 is 14.8 Å². The molecule has 0 radical (unpaired) electrons. The van der Waals surface area contributed by atoms with Crippen LogP contribution in [0.5, 0.6) is 0 Å². The lowest BCUT2D eigenvalue weighted by Crippen LogP contribution is -2.25. The van der Waals surface area contributed by atoms with Gasteiger partial charge in [0, 0.05) is 11.6 Å². The molecule has 0 saturated carbocycles. The standard InChI is InChI=1S/C9H13NO3/c1-9(2,3)10-7-5-4-6(13-7)8(11)12/h4-5,10H,1-3H3,(H,11,12). The Bertz CT molecular complexity index is 309. The lowest BCUT2D eigenvalue weighted by atomic mass is 10.1. The summed E-state index contributed by atoms with van der Waals surface area (Å²) in [7, 11) is 0. The zero-order valence-corrected chi connectivity index (χ0v) is 7.92. The zero-order valence-electron chi connectivity index (χ0n) is 7.92. The number of aromatic carboxylic acids is 1. The van der Waals surface area contributed by atoms with E-state index in [0.717, 1.165) is 0 Å². The van der Waals surface area contributed by atoms with E-state index >= 15 is 0 Å². The number of nitrogens with one attached hydrogen (secondary N) is 1. The third-order valence-corrected chi connectivity index (χ3v) is 1.31. The van der Waals surface area contributed by atoms with Crippen LogP contribution in [0.15, 0.2) is 16.5 Å². The Labute approximate surface area is 76.6 Å². The summed E-state index contributed by atoms with van der Waals surface area (Å²) in [5, 5.41) is 11.6. The average molecular weight is 183 g/mol. The van der Waals surface area contributed by atoms with Crippen molar-refractivity contribution in [1.29, 1.82) is 0 Å². The lowest BCUT2D eigenvalue weighted by Gasteiger charge is -2.19. The van der Waals surface area contributed by atoms with Crippen molar-refractivity contribution in [2.75, 3.05) is 5.32 Å². The number of carboxylic acid groups (broad SMARTS) is 1. The van der Waals surface area contributed by atoms with Gasteiger partial charge in [-0.15, -0.1) is 0 Å². The van der Waals surface area contributed by atoms with Crippen LogP contribution in [-0.2, 0) is 0 Å². The summed E-state index contributed by atoms with van der Waals surface area (Å²) >= 11 is 0. The first kappa shape index (κ1) is 9.64. The number of rotatable bonds is 2. The Hall–Kier alpha value is -1.45. The summed E-state index contributed by atoms with van der Waals surface area (Å²) in [6.45, 7) is 5.90.